The van der Waals surface area contributed by atoms with Crippen LogP contribution in [0.25, 0.3) is 0 Å². The molecule has 0 amide bonds. The van der Waals surface area contributed by atoms with Gasteiger partial charge in [-0.15, -0.1) is 0 Å². The number of rotatable bonds is 7. The van der Waals surface area contributed by atoms with E-state index in [2.05, 4.69) is 19.1 Å². The van der Waals surface area contributed by atoms with Crippen LogP contribution in [0.3, 0.4) is 0 Å². The molecule has 0 unspecified atom stereocenters. The van der Waals surface area contributed by atoms with Gasteiger partial charge in [0.15, 0.2) is 0 Å². The molecular weight excluding hydrogens is 504 g/mol. The van der Waals surface area contributed by atoms with Crippen LogP contribution in [0.4, 0.5) is 9.59 Å². The van der Waals surface area contributed by atoms with Crippen LogP contribution in [-0.2, 0) is 5.41 Å². The molecule has 6 nitrogen and oxygen atoms in total. The van der Waals surface area contributed by atoms with Gasteiger partial charge in [0, 0.05) is 5.41 Å². The average Bonchev–Trinajstić information content (AvgIpc) is 2.99. The van der Waals surface area contributed by atoms with Gasteiger partial charge < -0.3 is 18.9 Å². The lowest BCUT2D eigenvalue weighted by atomic mass is 9.71. The van der Waals surface area contributed by atoms with Crippen molar-refractivity contribution in [1.29, 1.82) is 0 Å². The van der Waals surface area contributed by atoms with Crippen LogP contribution >= 0.6 is 0 Å². The van der Waals surface area contributed by atoms with E-state index in [1.165, 1.54) is 0 Å². The Balaban J connectivity index is 1.35. The Morgan fingerprint density at radius 1 is 0.400 bits per heavy atom. The molecule has 5 aromatic rings. The lowest BCUT2D eigenvalue weighted by Crippen LogP contribution is -2.25. The third kappa shape index (κ3) is 6.19. The molecule has 0 saturated heterocycles. The largest absolute Gasteiger partial charge is 0.519 e. The van der Waals surface area contributed by atoms with Gasteiger partial charge in [0.2, 0.25) is 0 Å². The zero-order valence-electron chi connectivity index (χ0n) is 21.7. The molecule has 6 heteroatoms. The highest BCUT2D eigenvalue weighted by atomic mass is 16.7. The van der Waals surface area contributed by atoms with E-state index in [0.29, 0.717) is 23.0 Å². The normalized spacial score (nSPS) is 10.8. The maximum Gasteiger partial charge on any atom is 0.519 e. The minimum Gasteiger partial charge on any atom is -0.395 e. The van der Waals surface area contributed by atoms with E-state index in [0.717, 1.165) is 16.7 Å². The van der Waals surface area contributed by atoms with Gasteiger partial charge in [-0.25, -0.2) is 9.59 Å². The molecule has 0 aliphatic carbocycles. The van der Waals surface area contributed by atoms with Crippen molar-refractivity contribution in [2.75, 3.05) is 0 Å². The molecule has 0 heterocycles. The topological polar surface area (TPSA) is 71.1 Å². The van der Waals surface area contributed by atoms with Gasteiger partial charge in [-0.05, 0) is 72.1 Å². The van der Waals surface area contributed by atoms with E-state index >= 15 is 0 Å². The predicted molar refractivity (Wildman–Crippen MR) is 151 cm³/mol. The first-order valence-electron chi connectivity index (χ1n) is 12.7. The van der Waals surface area contributed by atoms with Crippen molar-refractivity contribution in [3.8, 4) is 23.0 Å². The Kier molecular flexibility index (Phi) is 7.88. The fourth-order valence-corrected chi connectivity index (χ4v) is 4.39. The monoisotopic (exact) mass is 530 g/mol. The zero-order chi connectivity index (χ0) is 27.8. The van der Waals surface area contributed by atoms with E-state index in [1.54, 1.807) is 72.8 Å². The highest BCUT2D eigenvalue weighted by molar-refractivity contribution is 5.68. The Labute approximate surface area is 232 Å². The summed E-state index contributed by atoms with van der Waals surface area (Å²) in [5.74, 6) is 1.53. The van der Waals surface area contributed by atoms with Crippen molar-refractivity contribution in [2.24, 2.45) is 0 Å². The van der Waals surface area contributed by atoms with E-state index < -0.39 is 17.7 Å². The van der Waals surface area contributed by atoms with E-state index in [9.17, 15) is 9.59 Å². The summed E-state index contributed by atoms with van der Waals surface area (Å²) in [6, 6.07) is 42.2. The number of benzene rings is 5. The molecule has 198 valence electrons. The SMILES string of the molecule is CC(c1ccccc1)(c1ccc(OC(=O)Oc2ccccc2)cc1)c1ccc(OC(=O)Oc2ccccc2)cc1. The molecule has 40 heavy (non-hydrogen) atoms. The number of hydrogen-bond acceptors (Lipinski definition) is 6. The summed E-state index contributed by atoms with van der Waals surface area (Å²) in [7, 11) is 0. The average molecular weight is 531 g/mol. The number of para-hydroxylation sites is 2. The summed E-state index contributed by atoms with van der Waals surface area (Å²) in [6.07, 6.45) is -1.63. The minimum absolute atomic E-state index is 0.362. The van der Waals surface area contributed by atoms with Gasteiger partial charge in [0.25, 0.3) is 0 Å². The molecule has 0 aromatic heterocycles. The molecule has 5 aromatic carbocycles. The van der Waals surface area contributed by atoms with Crippen molar-refractivity contribution in [1.82, 2.24) is 0 Å². The first kappa shape index (κ1) is 26.3. The quantitative estimate of drug-likeness (QED) is 0.120. The Hall–Kier alpha value is -5.36. The lowest BCUT2D eigenvalue weighted by molar-refractivity contribution is 0.150. The van der Waals surface area contributed by atoms with Crippen molar-refractivity contribution < 1.29 is 28.5 Å². The number of ether oxygens (including phenoxy) is 4. The molecule has 0 fully saturated rings. The number of carbonyl (C=O) groups is 2. The van der Waals surface area contributed by atoms with Crippen molar-refractivity contribution in [3.05, 3.63) is 156 Å². The molecule has 0 aliphatic heterocycles. The first-order chi connectivity index (χ1) is 19.5. The van der Waals surface area contributed by atoms with Crippen molar-refractivity contribution in [2.45, 2.75) is 12.3 Å². The molecule has 0 bridgehead atoms. The summed E-state index contributed by atoms with van der Waals surface area (Å²) in [5.41, 5.74) is 2.44. The molecule has 0 saturated carbocycles. The van der Waals surface area contributed by atoms with E-state index in [1.807, 2.05) is 54.6 Å². The van der Waals surface area contributed by atoms with Crippen LogP contribution in [0.5, 0.6) is 23.0 Å². The smallest absolute Gasteiger partial charge is 0.395 e. The van der Waals surface area contributed by atoms with Gasteiger partial charge in [-0.1, -0.05) is 91.0 Å². The standard InChI is InChI=1S/C34H26O6/c1-34(25-11-5-2-6-12-25,26-17-21-30(22-18-26)39-32(35)37-28-13-7-3-8-14-28)27-19-23-31(24-20-27)40-33(36)38-29-15-9-4-10-16-29/h2-24H,1H3. The fourth-order valence-electron chi connectivity index (χ4n) is 4.39. The predicted octanol–water partition coefficient (Wildman–Crippen LogP) is 8.20. The Bertz CT molecular complexity index is 1450. The summed E-state index contributed by atoms with van der Waals surface area (Å²) < 4.78 is 21.2. The highest BCUT2D eigenvalue weighted by Gasteiger charge is 2.31. The highest BCUT2D eigenvalue weighted by Crippen LogP contribution is 2.40. The Morgan fingerprint density at radius 2 is 0.675 bits per heavy atom. The molecule has 0 radical (unpaired) electrons. The van der Waals surface area contributed by atoms with Crippen LogP contribution in [-0.4, -0.2) is 12.3 Å². The maximum atomic E-state index is 12.2. The molecular formula is C34H26O6. The first-order valence-corrected chi connectivity index (χ1v) is 12.7. The molecule has 0 spiro atoms. The molecule has 0 N–H and O–H groups in total. The van der Waals surface area contributed by atoms with Crippen LogP contribution < -0.4 is 18.9 Å². The van der Waals surface area contributed by atoms with Crippen molar-refractivity contribution in [3.63, 3.8) is 0 Å². The zero-order valence-corrected chi connectivity index (χ0v) is 21.7. The van der Waals surface area contributed by atoms with Gasteiger partial charge in [-0.3, -0.25) is 0 Å². The lowest BCUT2D eigenvalue weighted by Gasteiger charge is -2.32. The second kappa shape index (κ2) is 12.0. The summed E-state index contributed by atoms with van der Waals surface area (Å²) >= 11 is 0. The minimum atomic E-state index is -0.814. The van der Waals surface area contributed by atoms with Crippen LogP contribution in [0.1, 0.15) is 23.6 Å². The Morgan fingerprint density at radius 3 is 1.02 bits per heavy atom. The molecule has 0 aliphatic rings. The summed E-state index contributed by atoms with van der Waals surface area (Å²) in [4.78, 5) is 24.5. The van der Waals surface area contributed by atoms with Gasteiger partial charge in [-0.2, -0.15) is 0 Å². The van der Waals surface area contributed by atoms with Gasteiger partial charge >= 0.3 is 12.3 Å². The van der Waals surface area contributed by atoms with Crippen LogP contribution in [0.2, 0.25) is 0 Å². The van der Waals surface area contributed by atoms with Crippen molar-refractivity contribution >= 4 is 12.3 Å². The summed E-state index contributed by atoms with van der Waals surface area (Å²) in [6.45, 7) is 2.11. The second-order valence-electron chi connectivity index (χ2n) is 9.07. The second-order valence-corrected chi connectivity index (χ2v) is 9.07. The molecule has 5 rings (SSSR count). The van der Waals surface area contributed by atoms with E-state index in [-0.39, 0.29) is 0 Å². The number of carbonyl (C=O) groups excluding carboxylic acids is 2. The van der Waals surface area contributed by atoms with Gasteiger partial charge in [0.05, 0.1) is 0 Å². The van der Waals surface area contributed by atoms with Crippen LogP contribution in [0, 0.1) is 0 Å². The maximum absolute atomic E-state index is 12.2. The van der Waals surface area contributed by atoms with Gasteiger partial charge in [0.1, 0.15) is 23.0 Å². The third-order valence-corrected chi connectivity index (χ3v) is 6.51. The summed E-state index contributed by atoms with van der Waals surface area (Å²) in [5, 5.41) is 0. The van der Waals surface area contributed by atoms with Crippen LogP contribution in [0.15, 0.2) is 140 Å². The van der Waals surface area contributed by atoms with E-state index in [4.69, 9.17) is 18.9 Å². The molecule has 0 atom stereocenters. The number of hydrogen-bond donors (Lipinski definition) is 0. The third-order valence-electron chi connectivity index (χ3n) is 6.51. The fraction of sp³-hybridized carbons (Fsp3) is 0.0588.